The number of hydrogen-bond donors (Lipinski definition) is 3. The van der Waals surface area contributed by atoms with Gasteiger partial charge in [-0.1, -0.05) is 11.6 Å². The SMILES string of the molecule is N#Cc1ccc(NC(=O)CNCCCC(=O)O)cc1Cl. The molecule has 1 aromatic carbocycles. The highest BCUT2D eigenvalue weighted by molar-refractivity contribution is 6.32. The number of nitrogens with one attached hydrogen (secondary N) is 2. The number of nitriles is 1. The molecule has 0 aliphatic rings. The van der Waals surface area contributed by atoms with Crippen molar-refractivity contribution in [1.29, 1.82) is 5.26 Å². The van der Waals surface area contributed by atoms with E-state index in [2.05, 4.69) is 10.6 Å². The van der Waals surface area contributed by atoms with Gasteiger partial charge in [-0.3, -0.25) is 9.59 Å². The predicted molar refractivity (Wildman–Crippen MR) is 74.5 cm³/mol. The number of anilines is 1. The molecule has 1 amide bonds. The summed E-state index contributed by atoms with van der Waals surface area (Å²) in [6.07, 6.45) is 0.533. The number of carboxylic acids is 1. The van der Waals surface area contributed by atoms with Crippen molar-refractivity contribution in [3.05, 3.63) is 28.8 Å². The zero-order chi connectivity index (χ0) is 15.0. The van der Waals surface area contributed by atoms with E-state index in [-0.39, 0.29) is 23.9 Å². The van der Waals surface area contributed by atoms with Crippen LogP contribution in [0.25, 0.3) is 0 Å². The second-order valence-corrected chi connectivity index (χ2v) is 4.44. The van der Waals surface area contributed by atoms with Gasteiger partial charge in [0, 0.05) is 12.1 Å². The molecule has 0 aromatic heterocycles. The fraction of sp³-hybridized carbons (Fsp3) is 0.308. The molecule has 0 aliphatic carbocycles. The molecule has 106 valence electrons. The van der Waals surface area contributed by atoms with Crippen LogP contribution in [0.3, 0.4) is 0 Å². The zero-order valence-electron chi connectivity index (χ0n) is 10.6. The third kappa shape index (κ3) is 5.69. The van der Waals surface area contributed by atoms with Gasteiger partial charge in [0.05, 0.1) is 17.1 Å². The molecule has 3 N–H and O–H groups in total. The van der Waals surface area contributed by atoms with Crippen LogP contribution in [0.1, 0.15) is 18.4 Å². The molecule has 1 rings (SSSR count). The van der Waals surface area contributed by atoms with E-state index in [1.165, 1.54) is 12.1 Å². The molecular formula is C13H14ClN3O3. The van der Waals surface area contributed by atoms with Crippen molar-refractivity contribution in [1.82, 2.24) is 5.32 Å². The molecule has 0 bridgehead atoms. The van der Waals surface area contributed by atoms with Crippen LogP contribution in [0.5, 0.6) is 0 Å². The first kappa shape index (κ1) is 16.0. The molecule has 7 heteroatoms. The number of nitrogens with zero attached hydrogens (tertiary/aromatic N) is 1. The molecule has 0 saturated heterocycles. The molecule has 0 unspecified atom stereocenters. The van der Waals surface area contributed by atoms with E-state index in [1.54, 1.807) is 6.07 Å². The maximum atomic E-state index is 11.6. The third-order valence-corrected chi connectivity index (χ3v) is 2.72. The molecule has 20 heavy (non-hydrogen) atoms. The first-order valence-electron chi connectivity index (χ1n) is 5.95. The van der Waals surface area contributed by atoms with Gasteiger partial charge in [0.1, 0.15) is 6.07 Å². The smallest absolute Gasteiger partial charge is 0.303 e. The monoisotopic (exact) mass is 295 g/mol. The summed E-state index contributed by atoms with van der Waals surface area (Å²) in [5.41, 5.74) is 0.850. The summed E-state index contributed by atoms with van der Waals surface area (Å²) in [5.74, 6) is -1.12. The van der Waals surface area contributed by atoms with E-state index in [9.17, 15) is 9.59 Å². The Balaban J connectivity index is 2.34. The predicted octanol–water partition coefficient (Wildman–Crippen LogP) is 1.60. The summed E-state index contributed by atoms with van der Waals surface area (Å²) >= 11 is 5.84. The van der Waals surface area contributed by atoms with Crippen LogP contribution in [0, 0.1) is 11.3 Å². The topological polar surface area (TPSA) is 102 Å². The Morgan fingerprint density at radius 2 is 2.15 bits per heavy atom. The summed E-state index contributed by atoms with van der Waals surface area (Å²) in [5, 5.41) is 22.9. The van der Waals surface area contributed by atoms with Gasteiger partial charge in [-0.15, -0.1) is 0 Å². The number of hydrogen-bond acceptors (Lipinski definition) is 4. The van der Waals surface area contributed by atoms with Gasteiger partial charge in [0.2, 0.25) is 5.91 Å². The van der Waals surface area contributed by atoms with Gasteiger partial charge < -0.3 is 15.7 Å². The minimum atomic E-state index is -0.858. The Bertz CT molecular complexity index is 540. The highest BCUT2D eigenvalue weighted by atomic mass is 35.5. The van der Waals surface area contributed by atoms with Gasteiger partial charge in [0.15, 0.2) is 0 Å². The van der Waals surface area contributed by atoms with E-state index in [1.807, 2.05) is 6.07 Å². The summed E-state index contributed by atoms with van der Waals surface area (Å²) < 4.78 is 0. The van der Waals surface area contributed by atoms with Crippen LogP contribution in [-0.2, 0) is 9.59 Å². The first-order valence-corrected chi connectivity index (χ1v) is 6.32. The Morgan fingerprint density at radius 1 is 1.40 bits per heavy atom. The van der Waals surface area contributed by atoms with Crippen molar-refractivity contribution >= 4 is 29.2 Å². The van der Waals surface area contributed by atoms with Crippen molar-refractivity contribution in [3.8, 4) is 6.07 Å². The molecule has 0 atom stereocenters. The molecule has 6 nitrogen and oxygen atoms in total. The minimum absolute atomic E-state index is 0.0693. The van der Waals surface area contributed by atoms with Crippen LogP contribution in [0.2, 0.25) is 5.02 Å². The van der Waals surface area contributed by atoms with Crippen LogP contribution < -0.4 is 10.6 Å². The average molecular weight is 296 g/mol. The largest absolute Gasteiger partial charge is 0.481 e. The van der Waals surface area contributed by atoms with E-state index in [4.69, 9.17) is 22.0 Å². The van der Waals surface area contributed by atoms with Crippen molar-refractivity contribution in [3.63, 3.8) is 0 Å². The fourth-order valence-electron chi connectivity index (χ4n) is 1.46. The lowest BCUT2D eigenvalue weighted by atomic mass is 10.2. The van der Waals surface area contributed by atoms with Crippen LogP contribution in [0.4, 0.5) is 5.69 Å². The molecule has 0 fully saturated rings. The lowest BCUT2D eigenvalue weighted by molar-refractivity contribution is -0.137. The number of aliphatic carboxylic acids is 1. The molecule has 0 spiro atoms. The number of carbonyl (C=O) groups excluding carboxylic acids is 1. The normalized spacial score (nSPS) is 9.80. The molecule has 1 aromatic rings. The van der Waals surface area contributed by atoms with Gasteiger partial charge in [0.25, 0.3) is 0 Å². The van der Waals surface area contributed by atoms with Crippen molar-refractivity contribution in [2.24, 2.45) is 0 Å². The first-order chi connectivity index (χ1) is 9.52. The number of amides is 1. The molecule has 0 heterocycles. The van der Waals surface area contributed by atoms with E-state index < -0.39 is 5.97 Å². The van der Waals surface area contributed by atoms with Crippen LogP contribution in [0.15, 0.2) is 18.2 Å². The number of rotatable bonds is 7. The highest BCUT2D eigenvalue weighted by Gasteiger charge is 2.05. The van der Waals surface area contributed by atoms with Gasteiger partial charge >= 0.3 is 5.97 Å². The fourth-order valence-corrected chi connectivity index (χ4v) is 1.68. The standard InChI is InChI=1S/C13H14ClN3O3/c14-11-6-10(4-3-9(11)7-15)17-12(18)8-16-5-1-2-13(19)20/h3-4,6,16H,1-2,5,8H2,(H,17,18)(H,19,20). The van der Waals surface area contributed by atoms with Crippen molar-refractivity contribution in [2.75, 3.05) is 18.4 Å². The van der Waals surface area contributed by atoms with E-state index in [0.29, 0.717) is 24.2 Å². The summed E-state index contributed by atoms with van der Waals surface area (Å²) in [4.78, 5) is 21.9. The summed E-state index contributed by atoms with van der Waals surface area (Å²) in [7, 11) is 0. The number of carbonyl (C=O) groups is 2. The quantitative estimate of drug-likeness (QED) is 0.663. The number of carboxylic acid groups (broad SMARTS) is 1. The Hall–Kier alpha value is -2.10. The second kappa shape index (κ2) is 8.15. The molecule has 0 radical (unpaired) electrons. The van der Waals surface area contributed by atoms with Crippen molar-refractivity contribution in [2.45, 2.75) is 12.8 Å². The third-order valence-electron chi connectivity index (χ3n) is 2.40. The van der Waals surface area contributed by atoms with Crippen LogP contribution in [-0.4, -0.2) is 30.1 Å². The molecule has 0 aliphatic heterocycles. The van der Waals surface area contributed by atoms with Gasteiger partial charge in [-0.25, -0.2) is 0 Å². The Kier molecular flexibility index (Phi) is 6.50. The minimum Gasteiger partial charge on any atom is -0.481 e. The van der Waals surface area contributed by atoms with Gasteiger partial charge in [-0.2, -0.15) is 5.26 Å². The lowest BCUT2D eigenvalue weighted by Gasteiger charge is -2.07. The van der Waals surface area contributed by atoms with E-state index >= 15 is 0 Å². The maximum Gasteiger partial charge on any atom is 0.303 e. The van der Waals surface area contributed by atoms with Crippen molar-refractivity contribution < 1.29 is 14.7 Å². The Morgan fingerprint density at radius 3 is 2.75 bits per heavy atom. The highest BCUT2D eigenvalue weighted by Crippen LogP contribution is 2.19. The van der Waals surface area contributed by atoms with Crippen LogP contribution >= 0.6 is 11.6 Å². The average Bonchev–Trinajstić information content (AvgIpc) is 2.38. The number of halogens is 1. The van der Waals surface area contributed by atoms with Gasteiger partial charge in [-0.05, 0) is 31.2 Å². The maximum absolute atomic E-state index is 11.6. The molecular weight excluding hydrogens is 282 g/mol. The van der Waals surface area contributed by atoms with E-state index in [0.717, 1.165) is 0 Å². The lowest BCUT2D eigenvalue weighted by Crippen LogP contribution is -2.29. The second-order valence-electron chi connectivity index (χ2n) is 4.03. The summed E-state index contributed by atoms with van der Waals surface area (Å²) in [6.45, 7) is 0.533. The Labute approximate surface area is 121 Å². The number of benzene rings is 1. The zero-order valence-corrected chi connectivity index (χ0v) is 11.4. The summed E-state index contributed by atoms with van der Waals surface area (Å²) in [6, 6.07) is 6.55. The molecule has 0 saturated carbocycles.